The molecule has 2 heterocycles. The summed E-state index contributed by atoms with van der Waals surface area (Å²) >= 11 is 0. The summed E-state index contributed by atoms with van der Waals surface area (Å²) in [5.41, 5.74) is 11.2. The summed E-state index contributed by atoms with van der Waals surface area (Å²) in [6.45, 7) is 2.44. The molecule has 0 fully saturated rings. The number of rotatable bonds is 8. The molecule has 9 N–H and O–H groups in total. The van der Waals surface area contributed by atoms with Crippen molar-refractivity contribution in [1.29, 1.82) is 0 Å². The first kappa shape index (κ1) is 23.5. The van der Waals surface area contributed by atoms with Crippen LogP contribution in [0.5, 0.6) is 0 Å². The minimum absolute atomic E-state index is 0.106. The summed E-state index contributed by atoms with van der Waals surface area (Å²) in [4.78, 5) is 42.6. The van der Waals surface area contributed by atoms with Crippen LogP contribution in [-0.2, 0) is 22.6 Å². The van der Waals surface area contributed by atoms with Crippen LogP contribution < -0.4 is 22.1 Å². The summed E-state index contributed by atoms with van der Waals surface area (Å²) in [5.74, 6) is -1.32. The molecular weight excluding hydrogens is 388 g/mol. The lowest BCUT2D eigenvalue weighted by Gasteiger charge is -2.16. The molecule has 2 unspecified atom stereocenters. The molecule has 0 saturated carbocycles. The average Bonchev–Trinajstić information content (AvgIpc) is 3.28. The lowest BCUT2D eigenvalue weighted by molar-refractivity contribution is -0.141. The molecule has 0 aliphatic carbocycles. The number of hydrogen-bond acceptors (Lipinski definition) is 9. The molecule has 0 aromatic carbocycles. The number of urea groups is 1. The second kappa shape index (κ2) is 11.4. The zero-order chi connectivity index (χ0) is 22.0. The predicted octanol–water partition coefficient (Wildman–Crippen LogP) is -1.84. The third kappa shape index (κ3) is 8.81. The first-order chi connectivity index (χ1) is 13.6. The number of carbonyl (C=O) groups excluding carboxylic acids is 2. The van der Waals surface area contributed by atoms with Gasteiger partial charge in [0.05, 0.1) is 25.0 Å². The monoisotopic (exact) mass is 412 g/mol. The van der Waals surface area contributed by atoms with Crippen molar-refractivity contribution in [1.82, 2.24) is 30.7 Å². The zero-order valence-electron chi connectivity index (χ0n) is 15.8. The van der Waals surface area contributed by atoms with Crippen molar-refractivity contribution in [2.45, 2.75) is 45.0 Å². The van der Waals surface area contributed by atoms with Gasteiger partial charge in [-0.25, -0.2) is 14.6 Å². The number of aromatic amines is 1. The number of nitrogens with two attached hydrogens (primary N) is 2. The SMILES string of the molecule is CC(N)=O.CC(O)C(NC(=O)NCc1nc([C@@H](N)Cc2cnc[nH]2)no1)C(=O)O. The Bertz CT molecular complexity index is 787. The fourth-order valence-electron chi connectivity index (χ4n) is 1.95. The van der Waals surface area contributed by atoms with Gasteiger partial charge in [0, 0.05) is 25.2 Å². The summed E-state index contributed by atoms with van der Waals surface area (Å²) < 4.78 is 4.98. The number of nitrogens with zero attached hydrogens (tertiary/aromatic N) is 3. The number of imidazole rings is 1. The highest BCUT2D eigenvalue weighted by Gasteiger charge is 2.25. The van der Waals surface area contributed by atoms with Gasteiger partial charge in [-0.1, -0.05) is 5.16 Å². The molecular formula is C15H24N8O6. The predicted molar refractivity (Wildman–Crippen MR) is 96.9 cm³/mol. The van der Waals surface area contributed by atoms with Crippen molar-refractivity contribution < 1.29 is 29.1 Å². The molecule has 29 heavy (non-hydrogen) atoms. The van der Waals surface area contributed by atoms with Gasteiger partial charge in [-0.15, -0.1) is 0 Å². The minimum atomic E-state index is -1.43. The van der Waals surface area contributed by atoms with E-state index in [1.807, 2.05) is 0 Å². The van der Waals surface area contributed by atoms with Crippen molar-refractivity contribution in [2.75, 3.05) is 0 Å². The van der Waals surface area contributed by atoms with Gasteiger partial charge >= 0.3 is 12.0 Å². The molecule has 2 rings (SSSR count). The van der Waals surface area contributed by atoms with Crippen LogP contribution in [0.15, 0.2) is 17.0 Å². The maximum Gasteiger partial charge on any atom is 0.328 e. The molecule has 2 aromatic heterocycles. The molecule has 0 radical (unpaired) electrons. The molecule has 0 bridgehead atoms. The van der Waals surface area contributed by atoms with E-state index in [1.165, 1.54) is 20.2 Å². The van der Waals surface area contributed by atoms with Crippen molar-refractivity contribution >= 4 is 17.9 Å². The first-order valence-corrected chi connectivity index (χ1v) is 8.36. The Morgan fingerprint density at radius 1 is 1.38 bits per heavy atom. The van der Waals surface area contributed by atoms with Crippen LogP contribution in [-0.4, -0.2) is 60.4 Å². The fourth-order valence-corrected chi connectivity index (χ4v) is 1.95. The van der Waals surface area contributed by atoms with Gasteiger partial charge in [0.2, 0.25) is 11.8 Å². The summed E-state index contributed by atoms with van der Waals surface area (Å²) in [6.07, 6.45) is 2.35. The number of primary amides is 1. The van der Waals surface area contributed by atoms with Crippen LogP contribution in [0, 0.1) is 0 Å². The number of aromatic nitrogens is 4. The van der Waals surface area contributed by atoms with Gasteiger partial charge < -0.3 is 41.8 Å². The van der Waals surface area contributed by atoms with Crippen LogP contribution in [0.4, 0.5) is 4.79 Å². The highest BCUT2D eigenvalue weighted by atomic mass is 16.5. The van der Waals surface area contributed by atoms with E-state index in [-0.39, 0.29) is 24.2 Å². The number of H-pyrrole nitrogens is 1. The van der Waals surface area contributed by atoms with Crippen LogP contribution >= 0.6 is 0 Å². The Balaban J connectivity index is 0.000000960. The molecule has 3 amide bonds. The average molecular weight is 412 g/mol. The Kier molecular flexibility index (Phi) is 9.21. The maximum absolute atomic E-state index is 11.7. The Morgan fingerprint density at radius 3 is 2.55 bits per heavy atom. The number of aliphatic carboxylic acids is 1. The van der Waals surface area contributed by atoms with E-state index in [0.717, 1.165) is 5.69 Å². The van der Waals surface area contributed by atoms with E-state index >= 15 is 0 Å². The van der Waals surface area contributed by atoms with E-state index in [0.29, 0.717) is 6.42 Å². The normalized spacial score (nSPS) is 13.4. The number of carbonyl (C=O) groups is 3. The topological polar surface area (TPSA) is 235 Å². The van der Waals surface area contributed by atoms with Gasteiger partial charge in [0.25, 0.3) is 0 Å². The van der Waals surface area contributed by atoms with Gasteiger partial charge in [-0.2, -0.15) is 4.98 Å². The van der Waals surface area contributed by atoms with Crippen LogP contribution in [0.1, 0.15) is 37.3 Å². The molecule has 14 nitrogen and oxygen atoms in total. The van der Waals surface area contributed by atoms with Gasteiger partial charge in [-0.05, 0) is 6.92 Å². The van der Waals surface area contributed by atoms with Crippen molar-refractivity contribution in [2.24, 2.45) is 11.5 Å². The Labute approximate surface area is 165 Å². The standard InChI is InChI=1S/C13H19N7O5.C2H5NO/c1-6(21)10(12(22)23)19-13(24)16-4-9-18-11(20-25-9)8(14)2-7-3-15-5-17-7;1-2(3)4/h3,5-6,8,10,21H,2,4,14H2,1H3,(H,15,17)(H,22,23)(H2,16,19,24);1H3,(H2,3,4)/t6?,8-,10?;/m0./s1. The Morgan fingerprint density at radius 2 is 2.03 bits per heavy atom. The summed E-state index contributed by atoms with van der Waals surface area (Å²) in [6, 6.07) is -2.74. The smallest absolute Gasteiger partial charge is 0.328 e. The number of hydrogen-bond donors (Lipinski definition) is 7. The van der Waals surface area contributed by atoms with E-state index in [2.05, 4.69) is 36.5 Å². The molecule has 0 aliphatic heterocycles. The molecule has 160 valence electrons. The number of carboxylic acids is 1. The fraction of sp³-hybridized carbons (Fsp3) is 0.467. The van der Waals surface area contributed by atoms with E-state index < -0.39 is 30.2 Å². The number of aliphatic hydroxyl groups excluding tert-OH is 1. The second-order valence-electron chi connectivity index (χ2n) is 5.93. The van der Waals surface area contributed by atoms with E-state index in [4.69, 9.17) is 15.4 Å². The second-order valence-corrected chi connectivity index (χ2v) is 5.93. The number of nitrogens with one attached hydrogen (secondary N) is 3. The van der Waals surface area contributed by atoms with Crippen molar-refractivity contribution in [3.63, 3.8) is 0 Å². The number of amides is 3. The molecule has 3 atom stereocenters. The van der Waals surface area contributed by atoms with Crippen LogP contribution in [0.3, 0.4) is 0 Å². The molecule has 0 saturated heterocycles. The number of carboxylic acid groups (broad SMARTS) is 1. The lowest BCUT2D eigenvalue weighted by Crippen LogP contribution is -2.51. The summed E-state index contributed by atoms with van der Waals surface area (Å²) in [5, 5.41) is 26.4. The van der Waals surface area contributed by atoms with Crippen LogP contribution in [0.2, 0.25) is 0 Å². The molecule has 0 aliphatic rings. The maximum atomic E-state index is 11.7. The molecule has 2 aromatic rings. The van der Waals surface area contributed by atoms with Crippen LogP contribution in [0.25, 0.3) is 0 Å². The third-order valence-electron chi connectivity index (χ3n) is 3.25. The molecule has 0 spiro atoms. The zero-order valence-corrected chi connectivity index (χ0v) is 15.8. The van der Waals surface area contributed by atoms with Gasteiger partial charge in [0.1, 0.15) is 0 Å². The molecule has 14 heteroatoms. The largest absolute Gasteiger partial charge is 0.480 e. The number of aliphatic hydroxyl groups is 1. The highest BCUT2D eigenvalue weighted by molar-refractivity contribution is 5.82. The van der Waals surface area contributed by atoms with E-state index in [9.17, 15) is 19.5 Å². The lowest BCUT2D eigenvalue weighted by atomic mass is 10.2. The van der Waals surface area contributed by atoms with Gasteiger partial charge in [-0.3, -0.25) is 4.79 Å². The van der Waals surface area contributed by atoms with Gasteiger partial charge in [0.15, 0.2) is 11.9 Å². The quantitative estimate of drug-likeness (QED) is 0.256. The van der Waals surface area contributed by atoms with E-state index in [1.54, 1.807) is 6.20 Å². The minimum Gasteiger partial charge on any atom is -0.480 e. The Hall–Kier alpha value is -3.52. The third-order valence-corrected chi connectivity index (χ3v) is 3.25. The highest BCUT2D eigenvalue weighted by Crippen LogP contribution is 2.11. The van der Waals surface area contributed by atoms with Crippen molar-refractivity contribution in [3.8, 4) is 0 Å². The van der Waals surface area contributed by atoms with Crippen molar-refractivity contribution in [3.05, 3.63) is 29.9 Å². The first-order valence-electron chi connectivity index (χ1n) is 8.36. The summed E-state index contributed by atoms with van der Waals surface area (Å²) in [7, 11) is 0.